The maximum atomic E-state index is 13.8. The Hall–Kier alpha value is -1.72. The minimum absolute atomic E-state index is 0.119. The van der Waals surface area contributed by atoms with Gasteiger partial charge in [0.05, 0.1) is 5.56 Å². The molecule has 0 radical (unpaired) electrons. The number of halogens is 1. The van der Waals surface area contributed by atoms with Gasteiger partial charge in [-0.25, -0.2) is 9.18 Å². The summed E-state index contributed by atoms with van der Waals surface area (Å²) in [7, 11) is 0. The molecule has 0 aliphatic heterocycles. The Kier molecular flexibility index (Phi) is 4.87. The van der Waals surface area contributed by atoms with E-state index in [0.29, 0.717) is 12.1 Å². The first-order chi connectivity index (χ1) is 9.60. The summed E-state index contributed by atoms with van der Waals surface area (Å²) in [4.78, 5) is 14.2. The van der Waals surface area contributed by atoms with Crippen molar-refractivity contribution in [2.45, 2.75) is 20.0 Å². The molecular formula is C15H16FNO2S. The number of hydrogen-bond acceptors (Lipinski definition) is 3. The van der Waals surface area contributed by atoms with E-state index in [2.05, 4.69) is 4.90 Å². The second-order valence-corrected chi connectivity index (χ2v) is 5.53. The number of benzene rings is 1. The van der Waals surface area contributed by atoms with Gasteiger partial charge in [-0.1, -0.05) is 13.0 Å². The number of carbonyl (C=O) groups is 1. The Morgan fingerprint density at radius 1 is 1.35 bits per heavy atom. The number of nitrogens with zero attached hydrogens (tertiary/aromatic N) is 1. The van der Waals surface area contributed by atoms with Crippen molar-refractivity contribution < 1.29 is 14.3 Å². The molecule has 0 aliphatic carbocycles. The Bertz CT molecular complexity index is 584. The highest BCUT2D eigenvalue weighted by molar-refractivity contribution is 7.09. The van der Waals surface area contributed by atoms with Crippen molar-refractivity contribution in [2.24, 2.45) is 0 Å². The van der Waals surface area contributed by atoms with Crippen LogP contribution in [0.1, 0.15) is 27.7 Å². The van der Waals surface area contributed by atoms with Crippen LogP contribution in [0.4, 0.5) is 4.39 Å². The summed E-state index contributed by atoms with van der Waals surface area (Å²) in [5, 5.41) is 11.0. The fraction of sp³-hybridized carbons (Fsp3) is 0.267. The van der Waals surface area contributed by atoms with Gasteiger partial charge in [-0.3, -0.25) is 4.90 Å². The van der Waals surface area contributed by atoms with Crippen LogP contribution in [0.2, 0.25) is 0 Å². The first-order valence-electron chi connectivity index (χ1n) is 6.36. The van der Waals surface area contributed by atoms with E-state index in [-0.39, 0.29) is 11.4 Å². The highest BCUT2D eigenvalue weighted by atomic mass is 32.1. The zero-order chi connectivity index (χ0) is 14.5. The second-order valence-electron chi connectivity index (χ2n) is 4.49. The highest BCUT2D eigenvalue weighted by Gasteiger charge is 2.12. The van der Waals surface area contributed by atoms with Crippen molar-refractivity contribution in [2.75, 3.05) is 6.54 Å². The average Bonchev–Trinajstić information content (AvgIpc) is 2.92. The third-order valence-corrected chi connectivity index (χ3v) is 3.95. The van der Waals surface area contributed by atoms with Crippen LogP contribution in [0.3, 0.4) is 0 Å². The fourth-order valence-corrected chi connectivity index (χ4v) is 2.72. The van der Waals surface area contributed by atoms with Gasteiger partial charge in [0.2, 0.25) is 0 Å². The van der Waals surface area contributed by atoms with Crippen LogP contribution in [0, 0.1) is 5.82 Å². The average molecular weight is 293 g/mol. The van der Waals surface area contributed by atoms with Gasteiger partial charge in [-0.15, -0.1) is 11.3 Å². The lowest BCUT2D eigenvalue weighted by atomic mass is 10.1. The number of thiophene rings is 1. The molecule has 2 aromatic rings. The molecule has 0 spiro atoms. The molecule has 0 saturated carbocycles. The molecule has 0 fully saturated rings. The van der Waals surface area contributed by atoms with E-state index in [4.69, 9.17) is 5.11 Å². The molecule has 0 saturated heterocycles. The summed E-state index contributed by atoms with van der Waals surface area (Å²) in [5.74, 6) is -1.40. The molecule has 2 rings (SSSR count). The van der Waals surface area contributed by atoms with E-state index in [0.717, 1.165) is 13.1 Å². The molecule has 0 bridgehead atoms. The van der Waals surface area contributed by atoms with Crippen LogP contribution in [0.5, 0.6) is 0 Å². The largest absolute Gasteiger partial charge is 0.478 e. The van der Waals surface area contributed by atoms with Gasteiger partial charge in [0.15, 0.2) is 0 Å². The third kappa shape index (κ3) is 3.65. The van der Waals surface area contributed by atoms with Crippen molar-refractivity contribution in [3.63, 3.8) is 0 Å². The zero-order valence-electron chi connectivity index (χ0n) is 11.2. The maximum absolute atomic E-state index is 13.8. The molecule has 3 nitrogen and oxygen atoms in total. The molecule has 1 aromatic heterocycles. The number of carboxylic acid groups (broad SMARTS) is 1. The molecule has 106 valence electrons. The van der Waals surface area contributed by atoms with Gasteiger partial charge >= 0.3 is 5.97 Å². The lowest BCUT2D eigenvalue weighted by Crippen LogP contribution is -2.22. The molecule has 0 amide bonds. The summed E-state index contributed by atoms with van der Waals surface area (Å²) in [5.41, 5.74) is 0.539. The van der Waals surface area contributed by atoms with Gasteiger partial charge in [0, 0.05) is 23.5 Å². The van der Waals surface area contributed by atoms with E-state index in [1.807, 2.05) is 24.4 Å². The first kappa shape index (κ1) is 14.7. The zero-order valence-corrected chi connectivity index (χ0v) is 12.0. The van der Waals surface area contributed by atoms with Crippen molar-refractivity contribution in [1.82, 2.24) is 4.90 Å². The van der Waals surface area contributed by atoms with Gasteiger partial charge in [-0.05, 0) is 36.2 Å². The highest BCUT2D eigenvalue weighted by Crippen LogP contribution is 2.17. The Morgan fingerprint density at radius 3 is 2.75 bits per heavy atom. The fourth-order valence-electron chi connectivity index (χ4n) is 1.97. The molecule has 0 atom stereocenters. The Balaban J connectivity index is 2.14. The summed E-state index contributed by atoms with van der Waals surface area (Å²) < 4.78 is 13.8. The maximum Gasteiger partial charge on any atom is 0.335 e. The van der Waals surface area contributed by atoms with E-state index in [9.17, 15) is 9.18 Å². The topological polar surface area (TPSA) is 40.5 Å². The predicted octanol–water partition coefficient (Wildman–Crippen LogP) is 3.61. The van der Waals surface area contributed by atoms with Crippen LogP contribution in [-0.2, 0) is 13.1 Å². The van der Waals surface area contributed by atoms with Gasteiger partial charge < -0.3 is 5.11 Å². The molecule has 0 aliphatic rings. The molecule has 1 aromatic carbocycles. The molecule has 5 heteroatoms. The van der Waals surface area contributed by atoms with Gasteiger partial charge in [0.1, 0.15) is 5.82 Å². The molecule has 1 N–H and O–H groups in total. The molecule has 20 heavy (non-hydrogen) atoms. The summed E-state index contributed by atoms with van der Waals surface area (Å²) in [6, 6.07) is 7.94. The van der Waals surface area contributed by atoms with Crippen LogP contribution in [0.25, 0.3) is 0 Å². The van der Waals surface area contributed by atoms with Crippen molar-refractivity contribution in [1.29, 1.82) is 0 Å². The van der Waals surface area contributed by atoms with E-state index in [1.54, 1.807) is 11.3 Å². The first-order valence-corrected chi connectivity index (χ1v) is 7.24. The lowest BCUT2D eigenvalue weighted by Gasteiger charge is -2.20. The smallest absolute Gasteiger partial charge is 0.335 e. The van der Waals surface area contributed by atoms with E-state index in [1.165, 1.54) is 23.1 Å². The molecule has 1 heterocycles. The number of carboxylic acids is 1. The lowest BCUT2D eigenvalue weighted by molar-refractivity contribution is 0.0696. The van der Waals surface area contributed by atoms with Crippen LogP contribution < -0.4 is 0 Å². The quantitative estimate of drug-likeness (QED) is 0.884. The predicted molar refractivity (Wildman–Crippen MR) is 77.5 cm³/mol. The monoisotopic (exact) mass is 293 g/mol. The number of hydrogen-bond donors (Lipinski definition) is 1. The second kappa shape index (κ2) is 6.63. The minimum Gasteiger partial charge on any atom is -0.478 e. The van der Waals surface area contributed by atoms with Gasteiger partial charge in [0.25, 0.3) is 0 Å². The van der Waals surface area contributed by atoms with Crippen LogP contribution in [0.15, 0.2) is 35.7 Å². The summed E-state index contributed by atoms with van der Waals surface area (Å²) in [6.07, 6.45) is 0. The summed E-state index contributed by atoms with van der Waals surface area (Å²) in [6.45, 7) is 3.92. The third-order valence-electron chi connectivity index (χ3n) is 3.09. The normalized spacial score (nSPS) is 10.9. The van der Waals surface area contributed by atoms with E-state index >= 15 is 0 Å². The number of aromatic carboxylic acids is 1. The Labute approximate surface area is 121 Å². The van der Waals surface area contributed by atoms with Crippen molar-refractivity contribution in [3.05, 3.63) is 57.5 Å². The Morgan fingerprint density at radius 2 is 2.15 bits per heavy atom. The van der Waals surface area contributed by atoms with Gasteiger partial charge in [-0.2, -0.15) is 0 Å². The summed E-state index contributed by atoms with van der Waals surface area (Å²) >= 11 is 1.66. The van der Waals surface area contributed by atoms with E-state index < -0.39 is 5.97 Å². The van der Waals surface area contributed by atoms with Crippen LogP contribution in [-0.4, -0.2) is 22.5 Å². The molecular weight excluding hydrogens is 277 g/mol. The van der Waals surface area contributed by atoms with Crippen molar-refractivity contribution in [3.8, 4) is 0 Å². The minimum atomic E-state index is -1.03. The number of rotatable bonds is 6. The molecule has 0 unspecified atom stereocenters. The standard InChI is InChI=1S/C15H16FNO2S/c1-2-17(10-13-4-3-7-20-13)9-12-8-11(15(18)19)5-6-14(12)16/h3-8H,2,9-10H2,1H3,(H,18,19). The van der Waals surface area contributed by atoms with Crippen LogP contribution >= 0.6 is 11.3 Å². The SMILES string of the molecule is CCN(Cc1cccs1)Cc1cc(C(=O)O)ccc1F. The van der Waals surface area contributed by atoms with Crippen molar-refractivity contribution >= 4 is 17.3 Å².